The molecule has 0 aliphatic heterocycles. The summed E-state index contributed by atoms with van der Waals surface area (Å²) in [5, 5.41) is 0. The van der Waals surface area contributed by atoms with Gasteiger partial charge in [-0.1, -0.05) is 0 Å². The van der Waals surface area contributed by atoms with Crippen molar-refractivity contribution in [3.05, 3.63) is 24.0 Å². The number of nitrogens with zero attached hydrogens (tertiary/aromatic N) is 3. The molecule has 8 heteroatoms. The summed E-state index contributed by atoms with van der Waals surface area (Å²) < 4.78 is 40.1. The van der Waals surface area contributed by atoms with Gasteiger partial charge in [0.05, 0.1) is 11.0 Å². The number of aromatic nitrogens is 2. The van der Waals surface area contributed by atoms with Crippen LogP contribution in [0.3, 0.4) is 0 Å². The van der Waals surface area contributed by atoms with Gasteiger partial charge >= 0.3 is 6.18 Å². The lowest BCUT2D eigenvalue weighted by molar-refractivity contribution is -0.147. The molecule has 2 N–H and O–H groups in total. The van der Waals surface area contributed by atoms with Gasteiger partial charge in [-0.25, -0.2) is 4.98 Å². The molecule has 0 bridgehead atoms. The topological polar surface area (TPSA) is 64.2 Å². The number of amides is 1. The Bertz CT molecular complexity index is 678. The predicted molar refractivity (Wildman–Crippen MR) is 72.5 cm³/mol. The molecule has 0 fully saturated rings. The Morgan fingerprint density at radius 3 is 2.67 bits per heavy atom. The van der Waals surface area contributed by atoms with Crippen LogP contribution >= 0.6 is 0 Å². The minimum atomic E-state index is -4.64. The van der Waals surface area contributed by atoms with Crippen molar-refractivity contribution in [2.45, 2.75) is 19.6 Å². The molecule has 0 aliphatic carbocycles. The summed E-state index contributed by atoms with van der Waals surface area (Å²) in [6.45, 7) is 1.74. The normalized spacial score (nSPS) is 11.9. The number of hydrogen-bond acceptors (Lipinski definition) is 3. The van der Waals surface area contributed by atoms with Crippen LogP contribution in [0.25, 0.3) is 11.0 Å². The zero-order valence-corrected chi connectivity index (χ0v) is 11.6. The molecule has 0 saturated carbocycles. The van der Waals surface area contributed by atoms with Crippen molar-refractivity contribution >= 4 is 22.6 Å². The van der Waals surface area contributed by atoms with E-state index in [0.29, 0.717) is 12.2 Å². The second-order valence-corrected chi connectivity index (χ2v) is 4.68. The van der Waals surface area contributed by atoms with Crippen molar-refractivity contribution in [2.24, 2.45) is 0 Å². The largest absolute Gasteiger partial charge is 0.449 e. The number of alkyl halides is 3. The second-order valence-electron chi connectivity index (χ2n) is 4.68. The fourth-order valence-corrected chi connectivity index (χ4v) is 1.96. The molecule has 1 aromatic heterocycles. The van der Waals surface area contributed by atoms with Gasteiger partial charge in [0.1, 0.15) is 6.54 Å². The summed E-state index contributed by atoms with van der Waals surface area (Å²) in [5.41, 5.74) is 6.23. The van der Waals surface area contributed by atoms with Crippen molar-refractivity contribution in [3.8, 4) is 0 Å². The first-order chi connectivity index (χ1) is 9.74. The molecule has 2 rings (SSSR count). The van der Waals surface area contributed by atoms with E-state index in [1.54, 1.807) is 6.92 Å². The maximum atomic E-state index is 13.1. The molecule has 2 aromatic rings. The number of carbonyl (C=O) groups is 1. The molecular weight excluding hydrogens is 285 g/mol. The molecule has 1 amide bonds. The number of nitrogen functional groups attached to an aromatic ring is 1. The minimum Gasteiger partial charge on any atom is -0.399 e. The number of anilines is 1. The highest BCUT2D eigenvalue weighted by atomic mass is 19.4. The highest BCUT2D eigenvalue weighted by molar-refractivity contribution is 5.83. The lowest BCUT2D eigenvalue weighted by Crippen LogP contribution is -2.31. The van der Waals surface area contributed by atoms with E-state index >= 15 is 0 Å². The van der Waals surface area contributed by atoms with E-state index in [0.717, 1.165) is 4.57 Å². The molecule has 0 aliphatic rings. The van der Waals surface area contributed by atoms with Crippen LogP contribution in [0.5, 0.6) is 0 Å². The average molecular weight is 300 g/mol. The third-order valence-corrected chi connectivity index (χ3v) is 3.22. The van der Waals surface area contributed by atoms with Gasteiger partial charge in [0, 0.05) is 19.3 Å². The van der Waals surface area contributed by atoms with Gasteiger partial charge in [0.25, 0.3) is 0 Å². The monoisotopic (exact) mass is 300 g/mol. The number of halogens is 3. The zero-order valence-electron chi connectivity index (χ0n) is 11.6. The third kappa shape index (κ3) is 2.93. The van der Waals surface area contributed by atoms with E-state index < -0.39 is 24.5 Å². The summed E-state index contributed by atoms with van der Waals surface area (Å²) in [6.07, 6.45) is -4.64. The Balaban J connectivity index is 2.56. The van der Waals surface area contributed by atoms with Crippen LogP contribution in [0.15, 0.2) is 18.2 Å². The Kier molecular flexibility index (Phi) is 3.80. The fraction of sp³-hybridized carbons (Fsp3) is 0.385. The molecule has 5 nitrogen and oxygen atoms in total. The van der Waals surface area contributed by atoms with Gasteiger partial charge in [0.2, 0.25) is 11.7 Å². The van der Waals surface area contributed by atoms with Crippen LogP contribution in [0, 0.1) is 0 Å². The molecule has 0 saturated heterocycles. The van der Waals surface area contributed by atoms with Crippen molar-refractivity contribution in [1.82, 2.24) is 14.5 Å². The van der Waals surface area contributed by atoms with E-state index in [1.165, 1.54) is 30.1 Å². The number of carbonyl (C=O) groups excluding carboxylic acids is 1. The zero-order chi connectivity index (χ0) is 15.8. The van der Waals surface area contributed by atoms with Gasteiger partial charge in [-0.3, -0.25) is 4.79 Å². The number of nitrogens with two attached hydrogens (primary N) is 1. The third-order valence-electron chi connectivity index (χ3n) is 3.22. The Hall–Kier alpha value is -2.25. The van der Waals surface area contributed by atoms with E-state index in [4.69, 9.17) is 5.73 Å². The predicted octanol–water partition coefficient (Wildman–Crippen LogP) is 2.12. The van der Waals surface area contributed by atoms with Crippen LogP contribution < -0.4 is 5.73 Å². The average Bonchev–Trinajstić information content (AvgIpc) is 2.75. The van der Waals surface area contributed by atoms with Crippen molar-refractivity contribution in [3.63, 3.8) is 0 Å². The first-order valence-electron chi connectivity index (χ1n) is 6.31. The lowest BCUT2D eigenvalue weighted by atomic mass is 10.3. The minimum absolute atomic E-state index is 0.120. The maximum Gasteiger partial charge on any atom is 0.449 e. The summed E-state index contributed by atoms with van der Waals surface area (Å²) >= 11 is 0. The van der Waals surface area contributed by atoms with E-state index in [9.17, 15) is 18.0 Å². The first kappa shape index (κ1) is 15.1. The standard InChI is InChI=1S/C13H15F3N4O/c1-3-19(2)11(21)7-20-10-5-4-8(17)6-9(10)18-12(20)13(14,15)16/h4-6H,3,7,17H2,1-2H3. The van der Waals surface area contributed by atoms with Crippen LogP contribution in [0.2, 0.25) is 0 Å². The number of benzene rings is 1. The van der Waals surface area contributed by atoms with Crippen LogP contribution in [-0.2, 0) is 17.5 Å². The number of likely N-dealkylation sites (N-methyl/N-ethyl adjacent to an activating group) is 1. The summed E-state index contributed by atoms with van der Waals surface area (Å²) in [4.78, 5) is 16.8. The molecule has 0 spiro atoms. The van der Waals surface area contributed by atoms with Crippen LogP contribution in [0.4, 0.5) is 18.9 Å². The SMILES string of the molecule is CCN(C)C(=O)Cn1c(C(F)(F)F)nc2cc(N)ccc21. The lowest BCUT2D eigenvalue weighted by Gasteiger charge is -2.17. The molecule has 21 heavy (non-hydrogen) atoms. The molecule has 0 unspecified atom stereocenters. The number of imidazole rings is 1. The van der Waals surface area contributed by atoms with Gasteiger partial charge in [-0.05, 0) is 25.1 Å². The molecule has 1 heterocycles. The molecule has 1 aromatic carbocycles. The van der Waals surface area contributed by atoms with Crippen molar-refractivity contribution in [2.75, 3.05) is 19.3 Å². The van der Waals surface area contributed by atoms with E-state index in [-0.39, 0.29) is 11.0 Å². The Labute approximate surface area is 119 Å². The highest BCUT2D eigenvalue weighted by Gasteiger charge is 2.38. The Morgan fingerprint density at radius 1 is 1.43 bits per heavy atom. The van der Waals surface area contributed by atoms with Crippen molar-refractivity contribution < 1.29 is 18.0 Å². The highest BCUT2D eigenvalue weighted by Crippen LogP contribution is 2.32. The Morgan fingerprint density at radius 2 is 2.10 bits per heavy atom. The van der Waals surface area contributed by atoms with Gasteiger partial charge in [-0.15, -0.1) is 0 Å². The molecular formula is C13H15F3N4O. The van der Waals surface area contributed by atoms with Gasteiger partial charge in [0.15, 0.2) is 0 Å². The van der Waals surface area contributed by atoms with Gasteiger partial charge < -0.3 is 15.2 Å². The fourth-order valence-electron chi connectivity index (χ4n) is 1.96. The summed E-state index contributed by atoms with van der Waals surface area (Å²) in [6, 6.07) is 4.27. The maximum absolute atomic E-state index is 13.1. The molecule has 114 valence electrons. The summed E-state index contributed by atoms with van der Waals surface area (Å²) in [5.74, 6) is -1.51. The molecule has 0 atom stereocenters. The number of hydrogen-bond donors (Lipinski definition) is 1. The number of fused-ring (bicyclic) bond motifs is 1. The van der Waals surface area contributed by atoms with Crippen LogP contribution in [-0.4, -0.2) is 34.0 Å². The smallest absolute Gasteiger partial charge is 0.399 e. The van der Waals surface area contributed by atoms with Crippen LogP contribution in [0.1, 0.15) is 12.7 Å². The summed E-state index contributed by atoms with van der Waals surface area (Å²) in [7, 11) is 1.53. The number of rotatable bonds is 3. The van der Waals surface area contributed by atoms with Gasteiger partial charge in [-0.2, -0.15) is 13.2 Å². The first-order valence-corrected chi connectivity index (χ1v) is 6.31. The van der Waals surface area contributed by atoms with E-state index in [2.05, 4.69) is 4.98 Å². The quantitative estimate of drug-likeness (QED) is 0.883. The van der Waals surface area contributed by atoms with E-state index in [1.807, 2.05) is 0 Å². The molecule has 0 radical (unpaired) electrons. The van der Waals surface area contributed by atoms with Crippen molar-refractivity contribution in [1.29, 1.82) is 0 Å². The second kappa shape index (κ2) is 5.27.